The Bertz CT molecular complexity index is 177. The Hall–Kier alpha value is -1.26. The summed E-state index contributed by atoms with van der Waals surface area (Å²) in [7, 11) is 0. The number of hydrogen-bond donors (Lipinski definition) is 0. The third-order valence-corrected chi connectivity index (χ3v) is 1.09. The Morgan fingerprint density at radius 1 is 1.58 bits per heavy atom. The van der Waals surface area contributed by atoms with Gasteiger partial charge in [0.15, 0.2) is 0 Å². The fourth-order valence-electron chi connectivity index (χ4n) is 0.556. The molecule has 0 aliphatic rings. The molecule has 0 fully saturated rings. The van der Waals surface area contributed by atoms with E-state index >= 15 is 0 Å². The van der Waals surface area contributed by atoms with E-state index in [0.717, 1.165) is 19.3 Å². The Kier molecular flexibility index (Phi) is 7.02. The minimum absolute atomic E-state index is 0.334. The molecule has 0 aromatic rings. The molecule has 0 saturated carbocycles. The molecule has 1 amide bonds. The number of azide groups is 1. The van der Waals surface area contributed by atoms with Crippen LogP contribution in [0.2, 0.25) is 0 Å². The molecule has 12 heavy (non-hydrogen) atoms. The standard InChI is InChI=1S/C6H11N3O3/c1-2-3-4-5-11-12-6(10)8-9-7/h2-5H2,1H3. The lowest BCUT2D eigenvalue weighted by atomic mass is 10.3. The summed E-state index contributed by atoms with van der Waals surface area (Å²) in [5, 5.41) is 2.64. The lowest BCUT2D eigenvalue weighted by molar-refractivity contribution is -0.236. The first-order valence-corrected chi connectivity index (χ1v) is 3.69. The molecule has 0 spiro atoms. The van der Waals surface area contributed by atoms with Crippen molar-refractivity contribution in [3.8, 4) is 0 Å². The van der Waals surface area contributed by atoms with Crippen LogP contribution < -0.4 is 0 Å². The van der Waals surface area contributed by atoms with E-state index in [-0.39, 0.29) is 0 Å². The third-order valence-electron chi connectivity index (χ3n) is 1.09. The fraction of sp³-hybridized carbons (Fsp3) is 0.833. The van der Waals surface area contributed by atoms with Crippen molar-refractivity contribution in [2.45, 2.75) is 26.2 Å². The van der Waals surface area contributed by atoms with Crippen LogP contribution in [0.1, 0.15) is 26.2 Å². The van der Waals surface area contributed by atoms with Crippen molar-refractivity contribution < 1.29 is 14.6 Å². The number of carbonyl (C=O) groups is 1. The fourth-order valence-corrected chi connectivity index (χ4v) is 0.556. The summed E-state index contributed by atoms with van der Waals surface area (Å²) in [5.74, 6) is 0. The maximum Gasteiger partial charge on any atom is 0.430 e. The topological polar surface area (TPSA) is 84.3 Å². The van der Waals surface area contributed by atoms with Crippen LogP contribution in [0.3, 0.4) is 0 Å². The van der Waals surface area contributed by atoms with Gasteiger partial charge in [-0.05, 0) is 12.0 Å². The molecule has 0 aliphatic heterocycles. The monoisotopic (exact) mass is 173 g/mol. The number of carbonyl (C=O) groups excluding carboxylic acids is 1. The van der Waals surface area contributed by atoms with E-state index in [1.165, 1.54) is 0 Å². The summed E-state index contributed by atoms with van der Waals surface area (Å²) in [6.07, 6.45) is 1.83. The SMILES string of the molecule is CCCCCOOC(=O)N=[N+]=[N-]. The van der Waals surface area contributed by atoms with Gasteiger partial charge in [0, 0.05) is 10.0 Å². The minimum Gasteiger partial charge on any atom is -0.291 e. The second-order valence-electron chi connectivity index (χ2n) is 2.07. The van der Waals surface area contributed by atoms with Crippen LogP contribution in [0.25, 0.3) is 10.4 Å². The molecular formula is C6H11N3O3. The van der Waals surface area contributed by atoms with Crippen LogP contribution in [0.4, 0.5) is 4.79 Å². The van der Waals surface area contributed by atoms with Crippen LogP contribution in [0.15, 0.2) is 5.11 Å². The first-order chi connectivity index (χ1) is 5.81. The largest absolute Gasteiger partial charge is 0.430 e. The molecule has 0 saturated heterocycles. The predicted molar refractivity (Wildman–Crippen MR) is 41.1 cm³/mol. The minimum atomic E-state index is -1.06. The number of nitrogens with zero attached hydrogens (tertiary/aromatic N) is 3. The maximum atomic E-state index is 10.3. The Morgan fingerprint density at radius 3 is 2.92 bits per heavy atom. The average molecular weight is 173 g/mol. The van der Waals surface area contributed by atoms with Crippen molar-refractivity contribution in [3.63, 3.8) is 0 Å². The Labute approximate surface area is 70.0 Å². The predicted octanol–water partition coefficient (Wildman–Crippen LogP) is 2.56. The van der Waals surface area contributed by atoms with Crippen molar-refractivity contribution >= 4 is 6.09 Å². The lowest BCUT2D eigenvalue weighted by Gasteiger charge is -1.98. The van der Waals surface area contributed by atoms with Crippen LogP contribution in [-0.4, -0.2) is 12.7 Å². The summed E-state index contributed by atoms with van der Waals surface area (Å²) >= 11 is 0. The molecular weight excluding hydrogens is 162 g/mol. The van der Waals surface area contributed by atoms with Gasteiger partial charge in [0.05, 0.1) is 6.61 Å². The van der Waals surface area contributed by atoms with Crippen LogP contribution in [0, 0.1) is 0 Å². The van der Waals surface area contributed by atoms with Gasteiger partial charge in [0.1, 0.15) is 0 Å². The zero-order chi connectivity index (χ0) is 9.23. The van der Waals surface area contributed by atoms with Crippen molar-refractivity contribution in [1.82, 2.24) is 0 Å². The molecule has 0 heterocycles. The Balaban J connectivity index is 3.19. The molecule has 0 atom stereocenters. The first kappa shape index (κ1) is 10.7. The van der Waals surface area contributed by atoms with Gasteiger partial charge in [0.25, 0.3) is 0 Å². The van der Waals surface area contributed by atoms with E-state index in [4.69, 9.17) is 5.53 Å². The number of unbranched alkanes of at least 4 members (excludes halogenated alkanes) is 2. The summed E-state index contributed by atoms with van der Waals surface area (Å²) in [6, 6.07) is 0. The maximum absolute atomic E-state index is 10.3. The van der Waals surface area contributed by atoms with E-state index in [2.05, 4.69) is 19.8 Å². The van der Waals surface area contributed by atoms with Gasteiger partial charge in [0.2, 0.25) is 0 Å². The van der Waals surface area contributed by atoms with E-state index in [0.29, 0.717) is 6.61 Å². The van der Waals surface area contributed by atoms with Crippen LogP contribution >= 0.6 is 0 Å². The third kappa shape index (κ3) is 6.85. The van der Waals surface area contributed by atoms with Crippen molar-refractivity contribution in [2.24, 2.45) is 5.11 Å². The highest BCUT2D eigenvalue weighted by atomic mass is 17.2. The second kappa shape index (κ2) is 7.84. The van der Waals surface area contributed by atoms with Crippen LogP contribution in [-0.2, 0) is 9.78 Å². The molecule has 0 radical (unpaired) electrons. The lowest BCUT2D eigenvalue weighted by Crippen LogP contribution is -2.00. The molecule has 0 rings (SSSR count). The highest BCUT2D eigenvalue weighted by molar-refractivity contribution is 5.67. The van der Waals surface area contributed by atoms with Gasteiger partial charge in [-0.3, -0.25) is 4.89 Å². The summed E-state index contributed by atoms with van der Waals surface area (Å²) in [5.41, 5.74) is 7.78. The zero-order valence-electron chi connectivity index (χ0n) is 6.89. The molecule has 6 heteroatoms. The molecule has 0 bridgehead atoms. The van der Waals surface area contributed by atoms with E-state index in [9.17, 15) is 4.79 Å². The number of amides is 1. The Morgan fingerprint density at radius 2 is 2.33 bits per heavy atom. The summed E-state index contributed by atoms with van der Waals surface area (Å²) < 4.78 is 0. The molecule has 68 valence electrons. The summed E-state index contributed by atoms with van der Waals surface area (Å²) in [4.78, 5) is 21.0. The molecule has 0 aromatic carbocycles. The molecule has 0 unspecified atom stereocenters. The van der Waals surface area contributed by atoms with Crippen molar-refractivity contribution in [3.05, 3.63) is 10.4 Å². The number of hydrogen-bond acceptors (Lipinski definition) is 3. The van der Waals surface area contributed by atoms with Crippen molar-refractivity contribution in [2.75, 3.05) is 6.61 Å². The molecule has 0 N–H and O–H groups in total. The van der Waals surface area contributed by atoms with Crippen LogP contribution in [0.5, 0.6) is 0 Å². The normalized spacial score (nSPS) is 8.75. The van der Waals surface area contributed by atoms with Gasteiger partial charge in [-0.1, -0.05) is 19.8 Å². The van der Waals surface area contributed by atoms with Gasteiger partial charge >= 0.3 is 6.09 Å². The molecule has 0 aromatic heterocycles. The molecule has 0 aliphatic carbocycles. The number of rotatable bonds is 5. The van der Waals surface area contributed by atoms with Gasteiger partial charge < -0.3 is 0 Å². The first-order valence-electron chi connectivity index (χ1n) is 3.69. The highest BCUT2D eigenvalue weighted by Gasteiger charge is 1.97. The smallest absolute Gasteiger partial charge is 0.291 e. The van der Waals surface area contributed by atoms with Gasteiger partial charge in [-0.25, -0.2) is 4.79 Å². The zero-order valence-corrected chi connectivity index (χ0v) is 6.89. The van der Waals surface area contributed by atoms with Gasteiger partial charge in [-0.15, -0.1) is 0 Å². The van der Waals surface area contributed by atoms with E-state index < -0.39 is 6.09 Å². The van der Waals surface area contributed by atoms with Crippen molar-refractivity contribution in [1.29, 1.82) is 0 Å². The molecule has 6 nitrogen and oxygen atoms in total. The highest BCUT2D eigenvalue weighted by Crippen LogP contribution is 1.95. The summed E-state index contributed by atoms with van der Waals surface area (Å²) in [6.45, 7) is 2.38. The van der Waals surface area contributed by atoms with Gasteiger partial charge in [-0.2, -0.15) is 4.89 Å². The average Bonchev–Trinajstić information content (AvgIpc) is 2.05. The van der Waals surface area contributed by atoms with E-state index in [1.54, 1.807) is 0 Å². The van der Waals surface area contributed by atoms with E-state index in [1.807, 2.05) is 6.92 Å². The second-order valence-corrected chi connectivity index (χ2v) is 2.07. The quantitative estimate of drug-likeness (QED) is 0.160.